The number of pyridine rings is 3. The van der Waals surface area contributed by atoms with Gasteiger partial charge < -0.3 is 34.1 Å². The standard InChI is InChI=1S/C34H38F3N9O6/c1-5-21-26(43-8-10-44(11-9-43)31(50)24-27(48)19(2)13-39-30(24)52-4)28(49)25-29(42-46(41-25)20-6-7-38-23(12-20)51-3)45(21)14-22(47)40-33-15-32(16-33,17-33)18-34(35,36)37/h6-7,12-13H,5,8-11,14-18H2,1-4H3,(H,39,48)(H,40,47). The number of anilines is 1. The fourth-order valence-corrected chi connectivity index (χ4v) is 8.21. The molecule has 0 spiro atoms. The first-order valence-electron chi connectivity index (χ1n) is 16.9. The van der Waals surface area contributed by atoms with E-state index in [9.17, 15) is 32.3 Å². The first-order chi connectivity index (χ1) is 24.7. The third kappa shape index (κ3) is 6.02. The van der Waals surface area contributed by atoms with E-state index in [2.05, 4.69) is 25.5 Å². The zero-order valence-corrected chi connectivity index (χ0v) is 29.1. The molecule has 4 aromatic rings. The lowest BCUT2D eigenvalue weighted by molar-refractivity contribution is -0.237. The summed E-state index contributed by atoms with van der Waals surface area (Å²) in [6, 6.07) is 3.22. The van der Waals surface area contributed by atoms with Crippen molar-refractivity contribution in [3.8, 4) is 17.4 Å². The SMILES string of the molecule is CCc1c(N2CCN(C(=O)c3c(OC)[nH]cc(C)c3=O)CC2)c(=O)c2nn(-c3ccnc(OC)c3)nc2n1CC(=O)NC12CC(CC(F)(F)F)(C1)C2. The highest BCUT2D eigenvalue weighted by Gasteiger charge is 2.70. The Morgan fingerprint density at radius 3 is 2.38 bits per heavy atom. The van der Waals surface area contributed by atoms with E-state index in [4.69, 9.17) is 9.47 Å². The Morgan fingerprint density at radius 2 is 1.75 bits per heavy atom. The molecule has 8 rings (SSSR count). The van der Waals surface area contributed by atoms with Crippen LogP contribution in [0.5, 0.6) is 11.8 Å². The highest BCUT2D eigenvalue weighted by atomic mass is 19.4. The first kappa shape index (κ1) is 35.0. The molecule has 3 saturated carbocycles. The number of carbonyl (C=O) groups is 2. The average Bonchev–Trinajstić information content (AvgIpc) is 3.54. The molecule has 4 aromatic heterocycles. The summed E-state index contributed by atoms with van der Waals surface area (Å²) < 4.78 is 51.5. The van der Waals surface area contributed by atoms with E-state index in [0.29, 0.717) is 34.9 Å². The van der Waals surface area contributed by atoms with E-state index in [-0.39, 0.29) is 74.6 Å². The number of carbonyl (C=O) groups excluding carboxylic acids is 2. The second kappa shape index (κ2) is 12.7. The third-order valence-electron chi connectivity index (χ3n) is 10.3. The minimum Gasteiger partial charge on any atom is -0.482 e. The van der Waals surface area contributed by atoms with Gasteiger partial charge in [-0.25, -0.2) is 4.98 Å². The maximum atomic E-state index is 14.3. The van der Waals surface area contributed by atoms with Gasteiger partial charge in [0.15, 0.2) is 11.2 Å². The number of aromatic amines is 1. The smallest absolute Gasteiger partial charge is 0.389 e. The number of aromatic nitrogens is 6. The summed E-state index contributed by atoms with van der Waals surface area (Å²) in [5.41, 5.74) is -0.659. The molecule has 5 heterocycles. The zero-order valence-electron chi connectivity index (χ0n) is 29.1. The van der Waals surface area contributed by atoms with Crippen molar-refractivity contribution < 1.29 is 32.2 Å². The number of fused-ring (bicyclic) bond motifs is 1. The lowest BCUT2D eigenvalue weighted by Gasteiger charge is -2.70. The minimum absolute atomic E-state index is 0.0000354. The highest BCUT2D eigenvalue weighted by molar-refractivity contribution is 5.96. The molecular formula is C34H38F3N9O6. The number of ether oxygens (including phenoxy) is 2. The van der Waals surface area contributed by atoms with E-state index >= 15 is 0 Å². The molecule has 2 amide bonds. The summed E-state index contributed by atoms with van der Waals surface area (Å²) in [5, 5.41) is 12.1. The predicted molar refractivity (Wildman–Crippen MR) is 181 cm³/mol. The predicted octanol–water partition coefficient (Wildman–Crippen LogP) is 2.51. The number of methoxy groups -OCH3 is 2. The van der Waals surface area contributed by atoms with Gasteiger partial charge >= 0.3 is 6.18 Å². The summed E-state index contributed by atoms with van der Waals surface area (Å²) in [7, 11) is 2.82. The van der Waals surface area contributed by atoms with E-state index in [0.717, 1.165) is 0 Å². The van der Waals surface area contributed by atoms with Crippen molar-refractivity contribution in [2.45, 2.75) is 64.2 Å². The Kier molecular flexibility index (Phi) is 8.52. The second-order valence-electron chi connectivity index (χ2n) is 13.9. The normalized spacial score (nSPS) is 21.1. The number of aryl methyl sites for hydroxylation is 1. The van der Waals surface area contributed by atoms with E-state index in [1.165, 1.54) is 36.3 Å². The molecular weight excluding hydrogens is 687 g/mol. The summed E-state index contributed by atoms with van der Waals surface area (Å²) in [6.45, 7) is 4.02. The van der Waals surface area contributed by atoms with Gasteiger partial charge in [-0.2, -0.15) is 13.2 Å². The number of rotatable bonds is 10. The van der Waals surface area contributed by atoms with Gasteiger partial charge in [-0.15, -0.1) is 15.0 Å². The van der Waals surface area contributed by atoms with Crippen LogP contribution in [0, 0.1) is 12.3 Å². The van der Waals surface area contributed by atoms with Crippen LogP contribution in [0.3, 0.4) is 0 Å². The minimum atomic E-state index is -4.26. The summed E-state index contributed by atoms with van der Waals surface area (Å²) in [4.78, 5) is 66.0. The fraction of sp³-hybridized carbons (Fsp3) is 0.500. The molecule has 276 valence electrons. The van der Waals surface area contributed by atoms with Crippen LogP contribution in [0.4, 0.5) is 18.9 Å². The maximum absolute atomic E-state index is 14.3. The second-order valence-corrected chi connectivity index (χ2v) is 13.9. The molecule has 1 saturated heterocycles. The van der Waals surface area contributed by atoms with E-state index in [1.54, 1.807) is 23.6 Å². The van der Waals surface area contributed by atoms with Crippen molar-refractivity contribution in [2.75, 3.05) is 45.3 Å². The van der Waals surface area contributed by atoms with Gasteiger partial charge in [0.2, 0.25) is 28.5 Å². The van der Waals surface area contributed by atoms with Crippen molar-refractivity contribution in [3.63, 3.8) is 0 Å². The molecule has 3 aliphatic carbocycles. The third-order valence-corrected chi connectivity index (χ3v) is 10.3. The Morgan fingerprint density at radius 1 is 1.04 bits per heavy atom. The molecule has 1 aliphatic heterocycles. The van der Waals surface area contributed by atoms with Crippen LogP contribution in [0.15, 0.2) is 34.1 Å². The number of halogens is 3. The van der Waals surface area contributed by atoms with Crippen LogP contribution in [0.1, 0.15) is 54.2 Å². The molecule has 2 N–H and O–H groups in total. The number of H-pyrrole nitrogens is 1. The Balaban J connectivity index is 1.21. The lowest BCUT2D eigenvalue weighted by Crippen LogP contribution is -2.75. The number of piperazine rings is 1. The first-order valence-corrected chi connectivity index (χ1v) is 16.9. The molecule has 15 nitrogen and oxygen atoms in total. The zero-order chi connectivity index (χ0) is 37.2. The molecule has 0 radical (unpaired) electrons. The fourth-order valence-electron chi connectivity index (χ4n) is 8.21. The molecule has 0 unspecified atom stereocenters. The molecule has 52 heavy (non-hydrogen) atoms. The van der Waals surface area contributed by atoms with Crippen LogP contribution < -0.4 is 30.5 Å². The summed E-state index contributed by atoms with van der Waals surface area (Å²) in [6.07, 6.45) is -1.04. The van der Waals surface area contributed by atoms with Crippen molar-refractivity contribution in [1.82, 2.24) is 39.7 Å². The van der Waals surface area contributed by atoms with Crippen LogP contribution in [0.2, 0.25) is 0 Å². The molecule has 4 aliphatic rings. The monoisotopic (exact) mass is 725 g/mol. The number of hydrogen-bond acceptors (Lipinski definition) is 10. The molecule has 0 aromatic carbocycles. The number of hydrogen-bond donors (Lipinski definition) is 2. The molecule has 4 fully saturated rings. The van der Waals surface area contributed by atoms with Crippen LogP contribution >= 0.6 is 0 Å². The Bertz CT molecular complexity index is 2180. The van der Waals surface area contributed by atoms with Gasteiger partial charge in [0.25, 0.3) is 5.91 Å². The van der Waals surface area contributed by atoms with Gasteiger partial charge in [-0.1, -0.05) is 6.92 Å². The Labute approximate surface area is 294 Å². The quantitative estimate of drug-likeness (QED) is 0.248. The highest BCUT2D eigenvalue weighted by Crippen LogP contribution is 2.70. The maximum Gasteiger partial charge on any atom is 0.389 e. The van der Waals surface area contributed by atoms with Gasteiger partial charge in [0, 0.05) is 67.9 Å². The van der Waals surface area contributed by atoms with Crippen LogP contribution in [-0.2, 0) is 17.8 Å². The van der Waals surface area contributed by atoms with Crippen molar-refractivity contribution in [2.24, 2.45) is 5.41 Å². The number of nitrogens with one attached hydrogen (secondary N) is 2. The van der Waals surface area contributed by atoms with Gasteiger partial charge in [-0.05, 0) is 44.1 Å². The van der Waals surface area contributed by atoms with Gasteiger partial charge in [0.05, 0.1) is 19.9 Å². The van der Waals surface area contributed by atoms with E-state index in [1.807, 2.05) is 11.8 Å². The molecule has 0 atom stereocenters. The number of amides is 2. The van der Waals surface area contributed by atoms with E-state index < -0.39 is 46.2 Å². The number of nitrogens with zero attached hydrogens (tertiary/aromatic N) is 7. The largest absolute Gasteiger partial charge is 0.482 e. The van der Waals surface area contributed by atoms with Gasteiger partial charge in [0.1, 0.15) is 17.8 Å². The summed E-state index contributed by atoms with van der Waals surface area (Å²) >= 11 is 0. The molecule has 2 bridgehead atoms. The average molecular weight is 726 g/mol. The summed E-state index contributed by atoms with van der Waals surface area (Å²) in [5.74, 6) is -0.558. The molecule has 18 heteroatoms. The topological polar surface area (TPSA) is 170 Å². The van der Waals surface area contributed by atoms with Crippen molar-refractivity contribution in [3.05, 3.63) is 61.8 Å². The lowest BCUT2D eigenvalue weighted by atomic mass is 9.38. The van der Waals surface area contributed by atoms with Crippen LogP contribution in [-0.4, -0.2) is 98.4 Å². The van der Waals surface area contributed by atoms with Gasteiger partial charge in [-0.3, -0.25) is 19.2 Å². The van der Waals surface area contributed by atoms with Crippen molar-refractivity contribution >= 4 is 28.7 Å². The van der Waals surface area contributed by atoms with Crippen molar-refractivity contribution in [1.29, 1.82) is 0 Å². The Hall–Kier alpha value is -5.42. The van der Waals surface area contributed by atoms with Crippen LogP contribution in [0.25, 0.3) is 16.9 Å². The number of alkyl halides is 3.